The fourth-order valence-corrected chi connectivity index (χ4v) is 3.40. The summed E-state index contributed by atoms with van der Waals surface area (Å²) >= 11 is 0. The number of carbonyl (C=O) groups is 1. The summed E-state index contributed by atoms with van der Waals surface area (Å²) in [5.74, 6) is 0.0238. The van der Waals surface area contributed by atoms with E-state index in [1.54, 1.807) is 6.92 Å². The molecule has 2 atom stereocenters. The monoisotopic (exact) mass is 232 g/mol. The predicted octanol–water partition coefficient (Wildman–Crippen LogP) is 1.69. The maximum Gasteiger partial charge on any atom is 0.378 e. The average molecular weight is 232 g/mol. The lowest BCUT2D eigenvalue weighted by molar-refractivity contribution is -0.135. The van der Waals surface area contributed by atoms with Crippen LogP contribution in [0.25, 0.3) is 0 Å². The molecule has 0 aromatic carbocycles. The molecule has 0 saturated carbocycles. The fraction of sp³-hybridized carbons (Fsp3) is 0.667. The molecule has 0 radical (unpaired) electrons. The minimum Gasteiger partial charge on any atom is -0.462 e. The van der Waals surface area contributed by atoms with E-state index in [0.717, 1.165) is 0 Å². The summed E-state index contributed by atoms with van der Waals surface area (Å²) in [6.07, 6.45) is 0.926. The number of rotatable bonds is 1. The molecule has 0 aromatic heterocycles. The van der Waals surface area contributed by atoms with Crippen LogP contribution in [-0.4, -0.2) is 25.8 Å². The van der Waals surface area contributed by atoms with Gasteiger partial charge >= 0.3 is 13.6 Å². The zero-order chi connectivity index (χ0) is 11.1. The van der Waals surface area contributed by atoms with E-state index in [1.165, 1.54) is 7.11 Å². The first kappa shape index (κ1) is 10.7. The van der Waals surface area contributed by atoms with Crippen molar-refractivity contribution in [3.63, 3.8) is 0 Å². The summed E-state index contributed by atoms with van der Waals surface area (Å²) in [6.45, 7) is 1.99. The fourth-order valence-electron chi connectivity index (χ4n) is 1.91. The number of ether oxygens (including phenoxy) is 1. The highest BCUT2D eigenvalue weighted by molar-refractivity contribution is 7.53. The third kappa shape index (κ3) is 1.82. The van der Waals surface area contributed by atoms with Crippen LogP contribution in [0.3, 0.4) is 0 Å². The largest absolute Gasteiger partial charge is 0.462 e. The lowest BCUT2D eigenvalue weighted by Crippen LogP contribution is -2.04. The summed E-state index contributed by atoms with van der Waals surface area (Å²) in [5.41, 5.74) is 0.518. The van der Waals surface area contributed by atoms with Gasteiger partial charge in [0.2, 0.25) is 0 Å². The van der Waals surface area contributed by atoms with Crippen molar-refractivity contribution >= 4 is 13.6 Å². The number of cyclic esters (lactones) is 1. The number of esters is 1. The first-order chi connectivity index (χ1) is 7.06. The Morgan fingerprint density at radius 1 is 1.53 bits per heavy atom. The van der Waals surface area contributed by atoms with Gasteiger partial charge in [0.15, 0.2) is 0 Å². The highest BCUT2D eigenvalue weighted by Gasteiger charge is 2.40. The molecular weight excluding hydrogens is 219 g/mol. The lowest BCUT2D eigenvalue weighted by Gasteiger charge is -2.15. The molecule has 2 aliphatic rings. The Kier molecular flexibility index (Phi) is 2.61. The molecule has 0 spiro atoms. The van der Waals surface area contributed by atoms with Crippen LogP contribution in [-0.2, 0) is 23.1 Å². The van der Waals surface area contributed by atoms with E-state index in [4.69, 9.17) is 13.8 Å². The van der Waals surface area contributed by atoms with E-state index in [-0.39, 0.29) is 11.9 Å². The van der Waals surface area contributed by atoms with Crippen molar-refractivity contribution in [1.82, 2.24) is 0 Å². The Labute approximate surface area is 87.9 Å². The van der Waals surface area contributed by atoms with Gasteiger partial charge in [0.25, 0.3) is 0 Å². The van der Waals surface area contributed by atoms with Crippen molar-refractivity contribution in [1.29, 1.82) is 0 Å². The predicted molar refractivity (Wildman–Crippen MR) is 52.3 cm³/mol. The van der Waals surface area contributed by atoms with E-state index in [0.29, 0.717) is 30.5 Å². The van der Waals surface area contributed by atoms with Crippen molar-refractivity contribution in [3.05, 3.63) is 11.3 Å². The zero-order valence-electron chi connectivity index (χ0n) is 8.69. The van der Waals surface area contributed by atoms with Gasteiger partial charge in [0, 0.05) is 13.0 Å². The Bertz CT molecular complexity index is 373. The molecule has 1 saturated heterocycles. The van der Waals surface area contributed by atoms with E-state index in [1.807, 2.05) is 0 Å². The highest BCUT2D eigenvalue weighted by Crippen LogP contribution is 2.54. The number of carbonyl (C=O) groups excluding carboxylic acids is 1. The maximum atomic E-state index is 11.9. The molecule has 2 rings (SSSR count). The average Bonchev–Trinajstić information content (AvgIpc) is 2.50. The van der Waals surface area contributed by atoms with Crippen molar-refractivity contribution in [3.8, 4) is 0 Å². The molecule has 0 unspecified atom stereocenters. The SMILES string of the molecule is CO[P@@]1(=O)CC[C@@H]2COC(=O)C2=C(C)O1. The highest BCUT2D eigenvalue weighted by atomic mass is 31.2. The van der Waals surface area contributed by atoms with Gasteiger partial charge < -0.3 is 13.8 Å². The molecular formula is C9H13O5P. The summed E-state index contributed by atoms with van der Waals surface area (Å²) in [5, 5.41) is 0. The normalized spacial score (nSPS) is 35.6. The molecule has 1 fully saturated rings. The zero-order valence-corrected chi connectivity index (χ0v) is 9.58. The molecule has 0 aliphatic carbocycles. The summed E-state index contributed by atoms with van der Waals surface area (Å²) < 4.78 is 27.0. The molecule has 6 heteroatoms. The molecule has 0 bridgehead atoms. The molecule has 5 nitrogen and oxygen atoms in total. The quantitative estimate of drug-likeness (QED) is 0.508. The number of hydrogen-bond acceptors (Lipinski definition) is 5. The summed E-state index contributed by atoms with van der Waals surface area (Å²) in [7, 11) is -1.68. The van der Waals surface area contributed by atoms with E-state index in [2.05, 4.69) is 0 Å². The molecule has 2 aliphatic heterocycles. The van der Waals surface area contributed by atoms with Crippen LogP contribution < -0.4 is 0 Å². The number of hydrogen-bond donors (Lipinski definition) is 0. The Balaban J connectivity index is 2.35. The van der Waals surface area contributed by atoms with Crippen LogP contribution in [0.4, 0.5) is 0 Å². The van der Waals surface area contributed by atoms with Gasteiger partial charge in [0.1, 0.15) is 5.76 Å². The van der Waals surface area contributed by atoms with Gasteiger partial charge in [0.05, 0.1) is 18.3 Å². The smallest absolute Gasteiger partial charge is 0.378 e. The molecule has 15 heavy (non-hydrogen) atoms. The van der Waals surface area contributed by atoms with Gasteiger partial charge in [-0.05, 0) is 13.3 Å². The third-order valence-electron chi connectivity index (χ3n) is 2.73. The first-order valence-corrected chi connectivity index (χ1v) is 6.51. The van der Waals surface area contributed by atoms with E-state index in [9.17, 15) is 9.36 Å². The molecule has 0 aromatic rings. The van der Waals surface area contributed by atoms with Crippen LogP contribution in [0.5, 0.6) is 0 Å². The van der Waals surface area contributed by atoms with E-state index >= 15 is 0 Å². The Morgan fingerprint density at radius 3 is 2.93 bits per heavy atom. The second-order valence-electron chi connectivity index (χ2n) is 3.66. The van der Waals surface area contributed by atoms with E-state index < -0.39 is 7.60 Å². The van der Waals surface area contributed by atoms with Crippen molar-refractivity contribution in [2.75, 3.05) is 19.9 Å². The van der Waals surface area contributed by atoms with Crippen molar-refractivity contribution in [2.45, 2.75) is 13.3 Å². The van der Waals surface area contributed by atoms with Crippen molar-refractivity contribution in [2.24, 2.45) is 5.92 Å². The van der Waals surface area contributed by atoms with Crippen molar-refractivity contribution < 1.29 is 23.1 Å². The summed E-state index contributed by atoms with van der Waals surface area (Å²) in [4.78, 5) is 11.4. The van der Waals surface area contributed by atoms with Gasteiger partial charge in [-0.2, -0.15) is 0 Å². The minimum atomic E-state index is -3.04. The van der Waals surface area contributed by atoms with Crippen LogP contribution in [0.2, 0.25) is 0 Å². The van der Waals surface area contributed by atoms with Crippen LogP contribution >= 0.6 is 7.60 Å². The third-order valence-corrected chi connectivity index (χ3v) is 4.64. The van der Waals surface area contributed by atoms with Gasteiger partial charge in [-0.25, -0.2) is 9.36 Å². The van der Waals surface area contributed by atoms with Gasteiger partial charge in [-0.3, -0.25) is 0 Å². The molecule has 0 amide bonds. The molecule has 2 heterocycles. The topological polar surface area (TPSA) is 61.8 Å². The molecule has 84 valence electrons. The van der Waals surface area contributed by atoms with Gasteiger partial charge in [-0.15, -0.1) is 0 Å². The first-order valence-electron chi connectivity index (χ1n) is 4.78. The minimum absolute atomic E-state index is 0.00322. The van der Waals surface area contributed by atoms with Crippen LogP contribution in [0.1, 0.15) is 13.3 Å². The molecule has 0 N–H and O–H groups in total. The number of allylic oxidation sites excluding steroid dienone is 1. The Hall–Kier alpha value is -0.800. The number of fused-ring (bicyclic) bond motifs is 1. The standard InChI is InChI=1S/C9H13O5P/c1-6-8-7(5-13-9(8)10)3-4-15(11,12-2)14-6/h7H,3-5H2,1-2H3/t7-,15+/m1/s1. The van der Waals surface area contributed by atoms with Crippen LogP contribution in [0.15, 0.2) is 11.3 Å². The van der Waals surface area contributed by atoms with Crippen LogP contribution in [0, 0.1) is 5.92 Å². The Morgan fingerprint density at radius 2 is 2.27 bits per heavy atom. The van der Waals surface area contributed by atoms with Gasteiger partial charge in [-0.1, -0.05) is 0 Å². The second-order valence-corrected chi connectivity index (χ2v) is 5.88. The maximum absolute atomic E-state index is 11.9. The second kappa shape index (κ2) is 3.65. The lowest BCUT2D eigenvalue weighted by atomic mass is 9.99. The summed E-state index contributed by atoms with van der Waals surface area (Å²) in [6, 6.07) is 0.